The molecule has 1 aliphatic rings. The maximum atomic E-state index is 13.3. The van der Waals surface area contributed by atoms with Gasteiger partial charge in [-0.1, -0.05) is 96.1 Å². The molecule has 0 aromatic heterocycles. The number of hydrogen-bond donors (Lipinski definition) is 0. The summed E-state index contributed by atoms with van der Waals surface area (Å²) in [4.78, 5) is 0.184. The summed E-state index contributed by atoms with van der Waals surface area (Å²) in [5, 5.41) is 0. The van der Waals surface area contributed by atoms with Gasteiger partial charge in [-0.15, -0.1) is 0 Å². The summed E-state index contributed by atoms with van der Waals surface area (Å²) in [7, 11) is -8.07. The van der Waals surface area contributed by atoms with Crippen molar-refractivity contribution in [3.8, 4) is 0 Å². The number of hydrogen-bond acceptors (Lipinski definition) is 6. The Morgan fingerprint density at radius 3 is 1.19 bits per heavy atom. The highest BCUT2D eigenvalue weighted by atomic mass is 32.2. The zero-order chi connectivity index (χ0) is 29.7. The topological polar surface area (TPSA) is 86.7 Å². The summed E-state index contributed by atoms with van der Waals surface area (Å²) < 4.78 is 64.6. The summed E-state index contributed by atoms with van der Waals surface area (Å²) >= 11 is 0. The standard InChI is InChI=1S/C34H36O6S2/c1-25-13-17-29(18-14-25)41(35,36)39-23-33-31(27-9-5-3-6-10-27)21-22-32(28-11-7-4-8-12-28)34(33)24-40-42(37,38)30-19-15-26(2)16-20-30/h3-20,31-34H,21-24H2,1-2H3. The fourth-order valence-corrected chi connectivity index (χ4v) is 7.86. The normalized spacial score (nSPS) is 21.2. The zero-order valence-corrected chi connectivity index (χ0v) is 25.4. The lowest BCUT2D eigenvalue weighted by Crippen LogP contribution is -2.39. The molecule has 5 rings (SSSR count). The van der Waals surface area contributed by atoms with Gasteiger partial charge in [0.25, 0.3) is 20.2 Å². The van der Waals surface area contributed by atoms with Crippen LogP contribution in [0.2, 0.25) is 0 Å². The molecule has 8 heteroatoms. The molecule has 220 valence electrons. The molecule has 0 amide bonds. The molecular weight excluding hydrogens is 569 g/mol. The summed E-state index contributed by atoms with van der Waals surface area (Å²) in [5.74, 6) is -0.760. The maximum Gasteiger partial charge on any atom is 0.296 e. The lowest BCUT2D eigenvalue weighted by atomic mass is 9.63. The van der Waals surface area contributed by atoms with Gasteiger partial charge in [0.2, 0.25) is 0 Å². The van der Waals surface area contributed by atoms with E-state index in [0.717, 1.165) is 35.1 Å². The molecule has 6 nitrogen and oxygen atoms in total. The SMILES string of the molecule is Cc1ccc(S(=O)(=O)OCC2C(c3ccccc3)CCC(c3ccccc3)C2COS(=O)(=O)c2ccc(C)cc2)cc1. The van der Waals surface area contributed by atoms with Crippen molar-refractivity contribution in [2.75, 3.05) is 13.2 Å². The van der Waals surface area contributed by atoms with Crippen LogP contribution < -0.4 is 0 Å². The Labute approximate surface area is 249 Å². The van der Waals surface area contributed by atoms with Gasteiger partial charge >= 0.3 is 0 Å². The highest BCUT2D eigenvalue weighted by molar-refractivity contribution is 7.87. The Balaban J connectivity index is 1.50. The molecule has 0 N–H and O–H groups in total. The van der Waals surface area contributed by atoms with E-state index < -0.39 is 20.2 Å². The van der Waals surface area contributed by atoms with Crippen LogP contribution in [0.4, 0.5) is 0 Å². The van der Waals surface area contributed by atoms with Crippen LogP contribution in [-0.2, 0) is 28.6 Å². The Morgan fingerprint density at radius 2 is 0.857 bits per heavy atom. The second kappa shape index (κ2) is 12.9. The van der Waals surface area contributed by atoms with Gasteiger partial charge in [0, 0.05) is 0 Å². The van der Waals surface area contributed by atoms with Crippen LogP contribution in [0.5, 0.6) is 0 Å². The van der Waals surface area contributed by atoms with Crippen LogP contribution in [0.1, 0.15) is 46.9 Å². The van der Waals surface area contributed by atoms with E-state index in [9.17, 15) is 16.8 Å². The fourth-order valence-electron chi connectivity index (χ4n) is 5.97. The van der Waals surface area contributed by atoms with Gasteiger partial charge < -0.3 is 0 Å². The van der Waals surface area contributed by atoms with Crippen molar-refractivity contribution in [2.45, 2.75) is 48.3 Å². The van der Waals surface area contributed by atoms with E-state index in [2.05, 4.69) is 0 Å². The molecule has 0 spiro atoms. The smallest absolute Gasteiger partial charge is 0.266 e. The quantitative estimate of drug-likeness (QED) is 0.181. The molecule has 4 atom stereocenters. The second-order valence-electron chi connectivity index (χ2n) is 11.0. The summed E-state index contributed by atoms with van der Waals surface area (Å²) in [6.07, 6.45) is 1.59. The number of benzene rings is 4. The van der Waals surface area contributed by atoms with Crippen LogP contribution in [0.3, 0.4) is 0 Å². The van der Waals surface area contributed by atoms with Gasteiger partial charge in [-0.2, -0.15) is 16.8 Å². The third-order valence-corrected chi connectivity index (χ3v) is 10.9. The van der Waals surface area contributed by atoms with Crippen LogP contribution in [0.15, 0.2) is 119 Å². The van der Waals surface area contributed by atoms with Crippen molar-refractivity contribution >= 4 is 20.2 Å². The van der Waals surface area contributed by atoms with Crippen LogP contribution >= 0.6 is 0 Å². The minimum absolute atomic E-state index is 0.0462. The number of aryl methyl sites for hydroxylation is 2. The van der Waals surface area contributed by atoms with E-state index in [4.69, 9.17) is 8.37 Å². The molecule has 0 bridgehead atoms. The van der Waals surface area contributed by atoms with Crippen molar-refractivity contribution in [3.05, 3.63) is 131 Å². The molecule has 4 unspecified atom stereocenters. The summed E-state index contributed by atoms with van der Waals surface area (Å²) in [5.41, 5.74) is 4.03. The third-order valence-electron chi connectivity index (χ3n) is 8.28. The predicted octanol–water partition coefficient (Wildman–Crippen LogP) is 7.01. The Kier molecular flexibility index (Phi) is 9.28. The van der Waals surface area contributed by atoms with E-state index >= 15 is 0 Å². The van der Waals surface area contributed by atoms with E-state index in [0.29, 0.717) is 0 Å². The zero-order valence-electron chi connectivity index (χ0n) is 23.8. The van der Waals surface area contributed by atoms with Gasteiger partial charge in [0.15, 0.2) is 0 Å². The minimum atomic E-state index is -4.04. The molecule has 0 radical (unpaired) electrons. The fraction of sp³-hybridized carbons (Fsp3) is 0.294. The van der Waals surface area contributed by atoms with Gasteiger partial charge in [-0.25, -0.2) is 0 Å². The molecule has 0 saturated heterocycles. The summed E-state index contributed by atoms with van der Waals surface area (Å²) in [6, 6.07) is 33.0. The van der Waals surface area contributed by atoms with Gasteiger partial charge in [-0.05, 0) is 85.8 Å². The average molecular weight is 605 g/mol. The van der Waals surface area contributed by atoms with Gasteiger partial charge in [0.05, 0.1) is 23.0 Å². The van der Waals surface area contributed by atoms with E-state index in [1.54, 1.807) is 48.5 Å². The van der Waals surface area contributed by atoms with Crippen molar-refractivity contribution in [3.63, 3.8) is 0 Å². The molecule has 1 fully saturated rings. The summed E-state index contributed by atoms with van der Waals surface area (Å²) in [6.45, 7) is 3.58. The lowest BCUT2D eigenvalue weighted by molar-refractivity contribution is 0.0751. The molecule has 0 aliphatic heterocycles. The van der Waals surface area contributed by atoms with Crippen molar-refractivity contribution in [1.29, 1.82) is 0 Å². The minimum Gasteiger partial charge on any atom is -0.266 e. The first-order valence-electron chi connectivity index (χ1n) is 14.2. The lowest BCUT2D eigenvalue weighted by Gasteiger charge is -2.43. The Morgan fingerprint density at radius 1 is 0.524 bits per heavy atom. The van der Waals surface area contributed by atoms with Gasteiger partial charge in [-0.3, -0.25) is 8.37 Å². The molecule has 4 aromatic carbocycles. The van der Waals surface area contributed by atoms with Crippen molar-refractivity contribution < 1.29 is 25.2 Å². The molecular formula is C34H36O6S2. The largest absolute Gasteiger partial charge is 0.296 e. The van der Waals surface area contributed by atoms with Crippen molar-refractivity contribution in [2.24, 2.45) is 11.8 Å². The first-order valence-corrected chi connectivity index (χ1v) is 17.0. The Bertz CT molecular complexity index is 1540. The van der Waals surface area contributed by atoms with Crippen LogP contribution in [0, 0.1) is 25.7 Å². The average Bonchev–Trinajstić information content (AvgIpc) is 3.00. The molecule has 0 heterocycles. The molecule has 42 heavy (non-hydrogen) atoms. The van der Waals surface area contributed by atoms with Crippen molar-refractivity contribution in [1.82, 2.24) is 0 Å². The first-order chi connectivity index (χ1) is 20.1. The molecule has 4 aromatic rings. The first kappa shape index (κ1) is 30.2. The predicted molar refractivity (Wildman–Crippen MR) is 163 cm³/mol. The maximum absolute atomic E-state index is 13.3. The third kappa shape index (κ3) is 7.01. The highest BCUT2D eigenvalue weighted by Gasteiger charge is 2.42. The Hall–Kier alpha value is -3.30. The molecule has 1 saturated carbocycles. The number of rotatable bonds is 10. The van der Waals surface area contributed by atoms with Gasteiger partial charge in [0.1, 0.15) is 0 Å². The molecule has 1 aliphatic carbocycles. The second-order valence-corrected chi connectivity index (χ2v) is 14.3. The van der Waals surface area contributed by atoms with Crippen LogP contribution in [-0.4, -0.2) is 30.0 Å². The van der Waals surface area contributed by atoms with Crippen LogP contribution in [0.25, 0.3) is 0 Å². The highest BCUT2D eigenvalue weighted by Crippen LogP contribution is 2.49. The monoisotopic (exact) mass is 604 g/mol. The van der Waals surface area contributed by atoms with E-state index in [1.165, 1.54) is 0 Å². The van der Waals surface area contributed by atoms with E-state index in [-0.39, 0.29) is 46.7 Å². The van der Waals surface area contributed by atoms with E-state index in [1.807, 2.05) is 74.5 Å².